The fourth-order valence-corrected chi connectivity index (χ4v) is 4.64. The van der Waals surface area contributed by atoms with E-state index in [1.54, 1.807) is 0 Å². The smallest absolute Gasteiger partial charge is 0.338 e. The van der Waals surface area contributed by atoms with Crippen LogP contribution < -0.4 is 0 Å². The predicted molar refractivity (Wildman–Crippen MR) is 91.8 cm³/mol. The van der Waals surface area contributed by atoms with Gasteiger partial charge in [-0.15, -0.1) is 0 Å². The third-order valence-electron chi connectivity index (χ3n) is 5.09. The van der Waals surface area contributed by atoms with Gasteiger partial charge in [-0.1, -0.05) is 24.4 Å². The molecule has 0 N–H and O–H groups in total. The van der Waals surface area contributed by atoms with Crippen LogP contribution in [0.4, 0.5) is 13.2 Å². The molecule has 2 aromatic rings. The minimum Gasteiger partial charge on any atom is -0.338 e. The van der Waals surface area contributed by atoms with E-state index in [1.807, 2.05) is 0 Å². The highest BCUT2D eigenvalue weighted by Gasteiger charge is 2.43. The molecule has 1 saturated carbocycles. The lowest BCUT2D eigenvalue weighted by atomic mass is 9.89. The van der Waals surface area contributed by atoms with Gasteiger partial charge in [0.15, 0.2) is 15.7 Å². The van der Waals surface area contributed by atoms with Crippen LogP contribution in [0.15, 0.2) is 33.7 Å². The monoisotopic (exact) mass is 402 g/mol. The molecule has 0 saturated heterocycles. The number of nitrogens with zero attached hydrogens (tertiary/aromatic N) is 2. The van der Waals surface area contributed by atoms with E-state index in [2.05, 4.69) is 10.1 Å². The minimum atomic E-state index is -4.53. The molecule has 1 aliphatic rings. The number of sulfone groups is 1. The zero-order valence-electron chi connectivity index (χ0n) is 15.1. The molecule has 1 heterocycles. The maximum atomic E-state index is 13.0. The second-order valence-corrected chi connectivity index (χ2v) is 9.83. The number of benzene rings is 1. The van der Waals surface area contributed by atoms with Crippen molar-refractivity contribution in [1.82, 2.24) is 10.1 Å². The van der Waals surface area contributed by atoms with E-state index in [9.17, 15) is 21.6 Å². The summed E-state index contributed by atoms with van der Waals surface area (Å²) in [6, 6.07) is 3.42. The van der Waals surface area contributed by atoms with Gasteiger partial charge in [-0.3, -0.25) is 0 Å². The lowest BCUT2D eigenvalue weighted by molar-refractivity contribution is -0.137. The molecule has 1 aliphatic carbocycles. The Hall–Kier alpha value is -1.90. The van der Waals surface area contributed by atoms with E-state index >= 15 is 0 Å². The summed E-state index contributed by atoms with van der Waals surface area (Å²) in [6.45, 7) is 2.83. The van der Waals surface area contributed by atoms with Crippen LogP contribution >= 0.6 is 0 Å². The van der Waals surface area contributed by atoms with E-state index in [-0.39, 0.29) is 16.7 Å². The third-order valence-corrected chi connectivity index (χ3v) is 7.50. The number of hydrogen-bond acceptors (Lipinski definition) is 5. The van der Waals surface area contributed by atoms with Crippen LogP contribution in [-0.2, 0) is 20.8 Å². The summed E-state index contributed by atoms with van der Waals surface area (Å²) in [4.78, 5) is 4.09. The highest BCUT2D eigenvalue weighted by atomic mass is 32.2. The molecule has 0 atom stereocenters. The Morgan fingerprint density at radius 3 is 2.19 bits per heavy atom. The first kappa shape index (κ1) is 19.9. The normalized spacial score (nSPS) is 17.2. The van der Waals surface area contributed by atoms with Crippen molar-refractivity contribution in [2.75, 3.05) is 0 Å². The molecule has 0 amide bonds. The molecular weight excluding hydrogens is 381 g/mol. The Kier molecular flexibility index (Phi) is 5.09. The Labute approximate surface area is 155 Å². The summed E-state index contributed by atoms with van der Waals surface area (Å²) in [7, 11) is -4.03. The van der Waals surface area contributed by atoms with Crippen LogP contribution in [0.3, 0.4) is 0 Å². The van der Waals surface area contributed by atoms with Gasteiger partial charge in [0.2, 0.25) is 5.89 Å². The summed E-state index contributed by atoms with van der Waals surface area (Å²) in [6.07, 6.45) is 0.647. The van der Waals surface area contributed by atoms with Gasteiger partial charge in [-0.05, 0) is 51.0 Å². The zero-order chi connectivity index (χ0) is 19.9. The van der Waals surface area contributed by atoms with Crippen molar-refractivity contribution >= 4 is 9.84 Å². The van der Waals surface area contributed by atoms with E-state index in [0.29, 0.717) is 5.82 Å². The fraction of sp³-hybridized carbons (Fsp3) is 0.556. The van der Waals surface area contributed by atoms with Gasteiger partial charge >= 0.3 is 6.18 Å². The second kappa shape index (κ2) is 6.92. The molecular formula is C18H21F3N2O3S. The average Bonchev–Trinajstić information content (AvgIpc) is 3.12. The lowest BCUT2D eigenvalue weighted by Crippen LogP contribution is -2.30. The summed E-state index contributed by atoms with van der Waals surface area (Å²) < 4.78 is 67.8. The van der Waals surface area contributed by atoms with Crippen LogP contribution in [0, 0.1) is 0 Å². The number of halogens is 3. The second-order valence-electron chi connectivity index (χ2n) is 7.33. The van der Waals surface area contributed by atoms with Gasteiger partial charge in [0.1, 0.15) is 4.75 Å². The molecule has 0 unspecified atom stereocenters. The molecule has 1 aromatic heterocycles. The van der Waals surface area contributed by atoms with Gasteiger partial charge in [-0.25, -0.2) is 8.42 Å². The molecule has 3 rings (SSSR count). The maximum Gasteiger partial charge on any atom is 0.416 e. The molecule has 27 heavy (non-hydrogen) atoms. The summed E-state index contributed by atoms with van der Waals surface area (Å²) in [5, 5.41) is 3.96. The first-order valence-electron chi connectivity index (χ1n) is 8.79. The minimum absolute atomic E-state index is 0.0528. The largest absolute Gasteiger partial charge is 0.416 e. The van der Waals surface area contributed by atoms with Crippen molar-refractivity contribution < 1.29 is 26.1 Å². The Morgan fingerprint density at radius 1 is 1.04 bits per heavy atom. The number of hydrogen-bond donors (Lipinski definition) is 0. The Balaban J connectivity index is 1.90. The molecule has 0 spiro atoms. The molecule has 0 aliphatic heterocycles. The van der Waals surface area contributed by atoms with Gasteiger partial charge < -0.3 is 4.52 Å². The number of alkyl halides is 3. The van der Waals surface area contributed by atoms with Crippen molar-refractivity contribution in [3.63, 3.8) is 0 Å². The van der Waals surface area contributed by atoms with Crippen LogP contribution in [0.25, 0.3) is 0 Å². The van der Waals surface area contributed by atoms with Crippen molar-refractivity contribution in [2.45, 2.75) is 67.7 Å². The van der Waals surface area contributed by atoms with E-state index in [4.69, 9.17) is 4.52 Å². The first-order valence-corrected chi connectivity index (χ1v) is 10.3. The highest BCUT2D eigenvalue weighted by molar-refractivity contribution is 7.92. The van der Waals surface area contributed by atoms with Crippen LogP contribution in [0.1, 0.15) is 69.1 Å². The maximum absolute atomic E-state index is 13.0. The summed E-state index contributed by atoms with van der Waals surface area (Å²) in [5.74, 6) is 0.601. The van der Waals surface area contributed by atoms with E-state index in [1.165, 1.54) is 13.8 Å². The highest BCUT2D eigenvalue weighted by Crippen LogP contribution is 2.37. The number of rotatable bonds is 4. The van der Waals surface area contributed by atoms with Gasteiger partial charge in [0, 0.05) is 5.92 Å². The lowest BCUT2D eigenvalue weighted by Gasteiger charge is -2.21. The van der Waals surface area contributed by atoms with Crippen molar-refractivity contribution in [3.8, 4) is 0 Å². The Morgan fingerprint density at radius 2 is 1.63 bits per heavy atom. The van der Waals surface area contributed by atoms with Crippen LogP contribution in [0.2, 0.25) is 0 Å². The SMILES string of the molecule is CC(C)(c1nc(C2CCCCC2)no1)S(=O)(=O)c1ccc(C(F)(F)F)cc1. The predicted octanol–water partition coefficient (Wildman–Crippen LogP) is 4.85. The Bertz CT molecular complexity index is 897. The zero-order valence-corrected chi connectivity index (χ0v) is 15.9. The van der Waals surface area contributed by atoms with Crippen molar-refractivity contribution in [1.29, 1.82) is 0 Å². The molecule has 1 fully saturated rings. The first-order chi connectivity index (χ1) is 12.5. The van der Waals surface area contributed by atoms with Crippen LogP contribution in [-0.4, -0.2) is 18.6 Å². The molecule has 0 radical (unpaired) electrons. The fourth-order valence-electron chi connectivity index (χ4n) is 3.24. The van der Waals surface area contributed by atoms with E-state index < -0.39 is 26.3 Å². The molecule has 0 bridgehead atoms. The van der Waals surface area contributed by atoms with Gasteiger partial charge in [0.25, 0.3) is 0 Å². The molecule has 5 nitrogen and oxygen atoms in total. The van der Waals surface area contributed by atoms with Crippen LogP contribution in [0.5, 0.6) is 0 Å². The quantitative estimate of drug-likeness (QED) is 0.731. The van der Waals surface area contributed by atoms with Crippen molar-refractivity contribution in [2.24, 2.45) is 0 Å². The number of aromatic nitrogens is 2. The molecule has 148 valence electrons. The summed E-state index contributed by atoms with van der Waals surface area (Å²) >= 11 is 0. The average molecular weight is 402 g/mol. The summed E-state index contributed by atoms with van der Waals surface area (Å²) in [5.41, 5.74) is -0.906. The van der Waals surface area contributed by atoms with E-state index in [0.717, 1.165) is 56.4 Å². The standard InChI is InChI=1S/C18H21F3N2O3S/c1-17(2,16-22-15(23-26-16)12-6-4-3-5-7-12)27(24,25)14-10-8-13(9-11-14)18(19,20)21/h8-12H,3-7H2,1-2H3. The van der Waals surface area contributed by atoms with Gasteiger partial charge in [0.05, 0.1) is 10.5 Å². The molecule has 1 aromatic carbocycles. The third kappa shape index (κ3) is 3.74. The van der Waals surface area contributed by atoms with Crippen molar-refractivity contribution in [3.05, 3.63) is 41.5 Å². The van der Waals surface area contributed by atoms with Gasteiger partial charge in [-0.2, -0.15) is 18.2 Å². The molecule has 9 heteroatoms. The topological polar surface area (TPSA) is 73.1 Å².